The average molecular weight is 513 g/mol. The summed E-state index contributed by atoms with van der Waals surface area (Å²) in [5.74, 6) is 1.46. The summed E-state index contributed by atoms with van der Waals surface area (Å²) in [5, 5.41) is 4.18. The smallest absolute Gasteiger partial charge is 0.174 e. The number of thiocarbonyl (C=S) groups is 1. The summed E-state index contributed by atoms with van der Waals surface area (Å²) in [6.07, 6.45) is 1.82. The highest BCUT2D eigenvalue weighted by Crippen LogP contribution is 2.47. The van der Waals surface area contributed by atoms with Crippen LogP contribution in [-0.4, -0.2) is 28.9 Å². The number of benzene rings is 2. The van der Waals surface area contributed by atoms with E-state index in [1.165, 1.54) is 22.4 Å². The fourth-order valence-corrected chi connectivity index (χ4v) is 5.69. The number of anilines is 1. The maximum absolute atomic E-state index is 5.96. The van der Waals surface area contributed by atoms with E-state index in [0.717, 1.165) is 34.3 Å². The maximum Gasteiger partial charge on any atom is 0.174 e. The van der Waals surface area contributed by atoms with Crippen molar-refractivity contribution < 1.29 is 9.47 Å². The van der Waals surface area contributed by atoms with Gasteiger partial charge in [0.2, 0.25) is 0 Å². The molecule has 0 unspecified atom stereocenters. The van der Waals surface area contributed by atoms with Crippen LogP contribution in [0.15, 0.2) is 66.9 Å². The molecule has 2 aromatic heterocycles. The lowest BCUT2D eigenvalue weighted by Gasteiger charge is -2.29. The molecule has 4 aromatic rings. The number of pyridine rings is 1. The van der Waals surface area contributed by atoms with Crippen molar-refractivity contribution in [3.05, 3.63) is 101 Å². The molecule has 0 saturated carbocycles. The largest absolute Gasteiger partial charge is 0.497 e. The third-order valence-electron chi connectivity index (χ3n) is 7.35. The lowest BCUT2D eigenvalue weighted by Crippen LogP contribution is -2.30. The van der Waals surface area contributed by atoms with Gasteiger partial charge in [-0.15, -0.1) is 0 Å². The highest BCUT2D eigenvalue weighted by molar-refractivity contribution is 7.80. The van der Waals surface area contributed by atoms with Crippen molar-refractivity contribution >= 4 is 23.0 Å². The van der Waals surface area contributed by atoms with Crippen molar-refractivity contribution in [3.63, 3.8) is 0 Å². The van der Waals surface area contributed by atoms with Gasteiger partial charge < -0.3 is 24.3 Å². The fraction of sp³-hybridized carbons (Fsp3) is 0.267. The van der Waals surface area contributed by atoms with Gasteiger partial charge in [-0.3, -0.25) is 4.98 Å². The van der Waals surface area contributed by atoms with Gasteiger partial charge in [-0.05, 0) is 93.0 Å². The number of rotatable bonds is 6. The fourth-order valence-electron chi connectivity index (χ4n) is 5.35. The Balaban J connectivity index is 1.73. The molecule has 1 aliphatic rings. The predicted molar refractivity (Wildman–Crippen MR) is 152 cm³/mol. The van der Waals surface area contributed by atoms with E-state index in [-0.39, 0.29) is 12.1 Å². The van der Waals surface area contributed by atoms with Crippen LogP contribution in [0.25, 0.3) is 5.69 Å². The molecule has 190 valence electrons. The van der Waals surface area contributed by atoms with Gasteiger partial charge in [0.05, 0.1) is 37.7 Å². The minimum Gasteiger partial charge on any atom is -0.497 e. The molecule has 7 heteroatoms. The van der Waals surface area contributed by atoms with Gasteiger partial charge >= 0.3 is 0 Å². The summed E-state index contributed by atoms with van der Waals surface area (Å²) in [6, 6.07) is 20.2. The first-order valence-electron chi connectivity index (χ1n) is 12.3. The normalized spacial score (nSPS) is 17.1. The summed E-state index contributed by atoms with van der Waals surface area (Å²) in [4.78, 5) is 6.85. The monoisotopic (exact) mass is 512 g/mol. The Hall–Kier alpha value is -3.84. The number of hydrogen-bond donors (Lipinski definition) is 1. The SMILES string of the molecule is COc1ccc(OC)c(N2C(=S)N[C@@H](c3ccccn3)[C@@H]2c2cc(C)n(-c3cccc(C)c3C)c2C)c1. The van der Waals surface area contributed by atoms with E-state index in [9.17, 15) is 0 Å². The van der Waals surface area contributed by atoms with E-state index in [1.807, 2.05) is 42.6 Å². The Morgan fingerprint density at radius 3 is 2.41 bits per heavy atom. The minimum atomic E-state index is -0.159. The Morgan fingerprint density at radius 2 is 1.70 bits per heavy atom. The second-order valence-corrected chi connectivity index (χ2v) is 9.80. The Morgan fingerprint density at radius 1 is 0.892 bits per heavy atom. The number of nitrogens with zero attached hydrogens (tertiary/aromatic N) is 3. The zero-order valence-electron chi connectivity index (χ0n) is 22.1. The molecule has 2 aromatic carbocycles. The van der Waals surface area contributed by atoms with Gasteiger partial charge in [-0.2, -0.15) is 0 Å². The molecular weight excluding hydrogens is 480 g/mol. The van der Waals surface area contributed by atoms with E-state index in [1.54, 1.807) is 14.2 Å². The lowest BCUT2D eigenvalue weighted by atomic mass is 9.96. The summed E-state index contributed by atoms with van der Waals surface area (Å²) in [6.45, 7) is 8.67. The second kappa shape index (κ2) is 9.90. The molecule has 0 bridgehead atoms. The van der Waals surface area contributed by atoms with Crippen molar-refractivity contribution in [3.8, 4) is 17.2 Å². The number of ether oxygens (including phenoxy) is 2. The molecule has 6 nitrogen and oxygen atoms in total. The van der Waals surface area contributed by atoms with Crippen LogP contribution in [0.5, 0.6) is 11.5 Å². The summed E-state index contributed by atoms with van der Waals surface area (Å²) in [7, 11) is 3.34. The molecule has 1 N–H and O–H groups in total. The van der Waals surface area contributed by atoms with E-state index in [0.29, 0.717) is 5.11 Å². The molecule has 1 fully saturated rings. The molecule has 1 aliphatic heterocycles. The molecule has 0 radical (unpaired) electrons. The van der Waals surface area contributed by atoms with Gasteiger partial charge in [0.15, 0.2) is 5.11 Å². The van der Waals surface area contributed by atoms with Crippen LogP contribution in [0.4, 0.5) is 5.69 Å². The average Bonchev–Trinajstić information content (AvgIpc) is 3.40. The topological polar surface area (TPSA) is 51.6 Å². The van der Waals surface area contributed by atoms with E-state index in [4.69, 9.17) is 26.7 Å². The maximum atomic E-state index is 5.96. The highest BCUT2D eigenvalue weighted by Gasteiger charge is 2.43. The zero-order chi connectivity index (χ0) is 26.3. The summed E-state index contributed by atoms with van der Waals surface area (Å²) < 4.78 is 13.7. The predicted octanol–water partition coefficient (Wildman–Crippen LogP) is 6.30. The van der Waals surface area contributed by atoms with Crippen molar-refractivity contribution in [2.45, 2.75) is 39.8 Å². The number of aryl methyl sites for hydroxylation is 2. The standard InChI is InChI=1S/C30H32N4O2S/c1-18-10-9-12-25(20(18)3)33-19(2)16-23(21(33)4)29-28(24-11-7-8-15-31-24)32-30(37)34(29)26-17-22(35-5)13-14-27(26)36-6/h7-17,28-29H,1-6H3,(H,32,37)/t28-,29-/m0/s1. The Labute approximate surface area is 223 Å². The van der Waals surface area contributed by atoms with Gasteiger partial charge in [0.1, 0.15) is 11.5 Å². The van der Waals surface area contributed by atoms with E-state index >= 15 is 0 Å². The van der Waals surface area contributed by atoms with Gasteiger partial charge in [0, 0.05) is 29.3 Å². The molecule has 37 heavy (non-hydrogen) atoms. The molecular formula is C30H32N4O2S. The van der Waals surface area contributed by atoms with Crippen LogP contribution < -0.4 is 19.7 Å². The quantitative estimate of drug-likeness (QED) is 0.306. The van der Waals surface area contributed by atoms with Crippen LogP contribution in [0.3, 0.4) is 0 Å². The van der Waals surface area contributed by atoms with E-state index < -0.39 is 0 Å². The van der Waals surface area contributed by atoms with Gasteiger partial charge in [-0.25, -0.2) is 0 Å². The first-order chi connectivity index (χ1) is 17.8. The molecule has 3 heterocycles. The minimum absolute atomic E-state index is 0.155. The molecule has 1 saturated heterocycles. The van der Waals surface area contributed by atoms with Crippen molar-refractivity contribution in [1.29, 1.82) is 0 Å². The van der Waals surface area contributed by atoms with Gasteiger partial charge in [0.25, 0.3) is 0 Å². The molecule has 5 rings (SSSR count). The number of methoxy groups -OCH3 is 2. The van der Waals surface area contributed by atoms with Gasteiger partial charge in [-0.1, -0.05) is 18.2 Å². The highest BCUT2D eigenvalue weighted by atomic mass is 32.1. The van der Waals surface area contributed by atoms with Crippen molar-refractivity contribution in [2.75, 3.05) is 19.1 Å². The molecule has 0 amide bonds. The van der Waals surface area contributed by atoms with Crippen molar-refractivity contribution in [2.24, 2.45) is 0 Å². The third kappa shape index (κ3) is 4.23. The van der Waals surface area contributed by atoms with E-state index in [2.05, 4.69) is 66.7 Å². The Kier molecular flexibility index (Phi) is 6.65. The Bertz CT molecular complexity index is 1460. The summed E-state index contributed by atoms with van der Waals surface area (Å²) >= 11 is 5.96. The molecule has 0 aliphatic carbocycles. The molecule has 0 spiro atoms. The third-order valence-corrected chi connectivity index (χ3v) is 7.66. The number of nitrogens with one attached hydrogen (secondary N) is 1. The first-order valence-corrected chi connectivity index (χ1v) is 12.7. The second-order valence-electron chi connectivity index (χ2n) is 9.42. The first kappa shape index (κ1) is 24.8. The van der Waals surface area contributed by atoms with Crippen LogP contribution >= 0.6 is 12.2 Å². The van der Waals surface area contributed by atoms with Crippen LogP contribution in [-0.2, 0) is 0 Å². The summed E-state index contributed by atoms with van der Waals surface area (Å²) in [5.41, 5.74) is 9.00. The number of aromatic nitrogens is 2. The zero-order valence-corrected chi connectivity index (χ0v) is 22.9. The van der Waals surface area contributed by atoms with Crippen LogP contribution in [0, 0.1) is 27.7 Å². The van der Waals surface area contributed by atoms with Crippen LogP contribution in [0.1, 0.15) is 45.9 Å². The molecule has 2 atom stereocenters. The van der Waals surface area contributed by atoms with Crippen molar-refractivity contribution in [1.82, 2.24) is 14.9 Å². The lowest BCUT2D eigenvalue weighted by molar-refractivity contribution is 0.403. The van der Waals surface area contributed by atoms with Crippen LogP contribution in [0.2, 0.25) is 0 Å². The number of hydrogen-bond acceptors (Lipinski definition) is 4.